The minimum absolute atomic E-state index is 0.0842. The summed E-state index contributed by atoms with van der Waals surface area (Å²) in [4.78, 5) is 33.7. The third-order valence-electron chi connectivity index (χ3n) is 3.26. The van der Waals surface area contributed by atoms with E-state index in [4.69, 9.17) is 4.74 Å². The Labute approximate surface area is 135 Å². The highest BCUT2D eigenvalue weighted by molar-refractivity contribution is 5.90. The summed E-state index contributed by atoms with van der Waals surface area (Å²) >= 11 is 0. The minimum Gasteiger partial charge on any atom is -0.448 e. The molecule has 1 aromatic heterocycles. The number of likely N-dealkylation sites (N-methyl/N-ethyl adjacent to an activating group) is 1. The highest BCUT2D eigenvalue weighted by Crippen LogP contribution is 2.07. The molecule has 6 nitrogen and oxygen atoms in total. The molecule has 6 heteroatoms. The van der Waals surface area contributed by atoms with Crippen LogP contribution in [0.15, 0.2) is 42.7 Å². The summed E-state index contributed by atoms with van der Waals surface area (Å²) in [6, 6.07) is 9.60. The first kappa shape index (κ1) is 16.6. The predicted octanol–water partition coefficient (Wildman–Crippen LogP) is 1.99. The van der Waals surface area contributed by atoms with E-state index in [1.54, 1.807) is 20.9 Å². The van der Waals surface area contributed by atoms with Crippen molar-refractivity contribution in [1.29, 1.82) is 0 Å². The molecule has 0 saturated heterocycles. The van der Waals surface area contributed by atoms with E-state index in [0.717, 1.165) is 5.56 Å². The average molecular weight is 313 g/mol. The van der Waals surface area contributed by atoms with E-state index in [-0.39, 0.29) is 11.6 Å². The second kappa shape index (κ2) is 7.49. The maximum Gasteiger partial charge on any atom is 0.359 e. The first-order chi connectivity index (χ1) is 11.0. The summed E-state index contributed by atoms with van der Waals surface area (Å²) in [5, 5.41) is 0. The first-order valence-electron chi connectivity index (χ1n) is 7.26. The van der Waals surface area contributed by atoms with E-state index in [1.165, 1.54) is 17.3 Å². The van der Waals surface area contributed by atoms with Crippen LogP contribution in [-0.4, -0.2) is 39.9 Å². The molecule has 2 aromatic rings. The molecule has 120 valence electrons. The van der Waals surface area contributed by atoms with Crippen molar-refractivity contribution in [3.63, 3.8) is 0 Å². The molecule has 1 atom stereocenters. The van der Waals surface area contributed by atoms with E-state index < -0.39 is 12.1 Å². The molecule has 0 aliphatic heterocycles. The summed E-state index contributed by atoms with van der Waals surface area (Å²) in [5.74, 6) is -0.936. The van der Waals surface area contributed by atoms with Gasteiger partial charge < -0.3 is 9.64 Å². The first-order valence-corrected chi connectivity index (χ1v) is 7.26. The zero-order chi connectivity index (χ0) is 16.8. The van der Waals surface area contributed by atoms with Crippen LogP contribution in [0.4, 0.5) is 0 Å². The standard InChI is InChI=1S/C17H19N3O3/c1-12-9-19-15(10-18-12)17(22)23-13(2)16(21)20(3)11-14-7-5-4-6-8-14/h4-10,13H,11H2,1-3H3. The van der Waals surface area contributed by atoms with E-state index in [0.29, 0.717) is 12.2 Å². The highest BCUT2D eigenvalue weighted by atomic mass is 16.5. The molecule has 2 rings (SSSR count). The van der Waals surface area contributed by atoms with Crippen molar-refractivity contribution in [3.8, 4) is 0 Å². The van der Waals surface area contributed by atoms with Gasteiger partial charge in [0.15, 0.2) is 11.8 Å². The van der Waals surface area contributed by atoms with Crippen LogP contribution in [0.25, 0.3) is 0 Å². The van der Waals surface area contributed by atoms with Crippen LogP contribution >= 0.6 is 0 Å². The number of carbonyl (C=O) groups is 2. The molecule has 0 bridgehead atoms. The van der Waals surface area contributed by atoms with Crippen molar-refractivity contribution in [3.05, 3.63) is 59.7 Å². The number of carbonyl (C=O) groups excluding carboxylic acids is 2. The van der Waals surface area contributed by atoms with Gasteiger partial charge in [-0.15, -0.1) is 0 Å². The molecule has 23 heavy (non-hydrogen) atoms. The predicted molar refractivity (Wildman–Crippen MR) is 84.6 cm³/mol. The SMILES string of the molecule is Cc1cnc(C(=O)OC(C)C(=O)N(C)Cc2ccccc2)cn1. The molecule has 0 spiro atoms. The molecule has 0 radical (unpaired) electrons. The normalized spacial score (nSPS) is 11.6. The average Bonchev–Trinajstić information content (AvgIpc) is 2.55. The van der Waals surface area contributed by atoms with E-state index in [1.807, 2.05) is 30.3 Å². The second-order valence-corrected chi connectivity index (χ2v) is 5.27. The van der Waals surface area contributed by atoms with Gasteiger partial charge in [-0.2, -0.15) is 0 Å². The van der Waals surface area contributed by atoms with Gasteiger partial charge in [0.05, 0.1) is 11.9 Å². The number of hydrogen-bond donors (Lipinski definition) is 0. The number of aryl methyl sites for hydroxylation is 1. The van der Waals surface area contributed by atoms with Crippen LogP contribution in [0.1, 0.15) is 28.7 Å². The van der Waals surface area contributed by atoms with Crippen LogP contribution in [-0.2, 0) is 16.1 Å². The number of aromatic nitrogens is 2. The van der Waals surface area contributed by atoms with Gasteiger partial charge in [0, 0.05) is 19.8 Å². The molecule has 1 heterocycles. The van der Waals surface area contributed by atoms with Crippen molar-refractivity contribution in [2.75, 3.05) is 7.05 Å². The lowest BCUT2D eigenvalue weighted by atomic mass is 10.2. The molecular weight excluding hydrogens is 294 g/mol. The number of rotatable bonds is 5. The van der Waals surface area contributed by atoms with Gasteiger partial charge in [0.2, 0.25) is 0 Å². The number of benzene rings is 1. The highest BCUT2D eigenvalue weighted by Gasteiger charge is 2.23. The van der Waals surface area contributed by atoms with Gasteiger partial charge in [0.25, 0.3) is 5.91 Å². The quantitative estimate of drug-likeness (QED) is 0.789. The number of ether oxygens (including phenoxy) is 1. The second-order valence-electron chi connectivity index (χ2n) is 5.27. The molecule has 1 unspecified atom stereocenters. The fourth-order valence-corrected chi connectivity index (χ4v) is 2.01. The number of amides is 1. The molecule has 1 aromatic carbocycles. The number of nitrogens with zero attached hydrogens (tertiary/aromatic N) is 3. The zero-order valence-electron chi connectivity index (χ0n) is 13.4. The molecule has 1 amide bonds. The van der Waals surface area contributed by atoms with E-state index >= 15 is 0 Å². The van der Waals surface area contributed by atoms with Crippen LogP contribution in [0.3, 0.4) is 0 Å². The third kappa shape index (κ3) is 4.60. The van der Waals surface area contributed by atoms with Gasteiger partial charge in [-0.3, -0.25) is 9.78 Å². The summed E-state index contributed by atoms with van der Waals surface area (Å²) in [6.07, 6.45) is 1.92. The fraction of sp³-hybridized carbons (Fsp3) is 0.294. The Morgan fingerprint density at radius 2 is 1.87 bits per heavy atom. The largest absolute Gasteiger partial charge is 0.448 e. The molecule has 0 aliphatic carbocycles. The van der Waals surface area contributed by atoms with Crippen molar-refractivity contribution in [2.24, 2.45) is 0 Å². The topological polar surface area (TPSA) is 72.4 Å². The molecule has 0 fully saturated rings. The maximum absolute atomic E-state index is 12.3. The zero-order valence-corrected chi connectivity index (χ0v) is 13.4. The van der Waals surface area contributed by atoms with E-state index in [2.05, 4.69) is 9.97 Å². The lowest BCUT2D eigenvalue weighted by Crippen LogP contribution is -2.37. The van der Waals surface area contributed by atoms with Gasteiger partial charge in [-0.05, 0) is 19.4 Å². The Hall–Kier alpha value is -2.76. The summed E-state index contributed by atoms with van der Waals surface area (Å²) in [7, 11) is 1.67. The van der Waals surface area contributed by atoms with Crippen LogP contribution < -0.4 is 0 Å². The third-order valence-corrected chi connectivity index (χ3v) is 3.26. The molecular formula is C17H19N3O3. The van der Waals surface area contributed by atoms with E-state index in [9.17, 15) is 9.59 Å². The Morgan fingerprint density at radius 3 is 2.48 bits per heavy atom. The Bertz CT molecular complexity index is 671. The smallest absolute Gasteiger partial charge is 0.359 e. The van der Waals surface area contributed by atoms with Crippen LogP contribution in [0, 0.1) is 6.92 Å². The molecule has 0 N–H and O–H groups in total. The molecule has 0 saturated carbocycles. The minimum atomic E-state index is -0.890. The van der Waals surface area contributed by atoms with Crippen molar-refractivity contribution >= 4 is 11.9 Å². The van der Waals surface area contributed by atoms with Crippen molar-refractivity contribution in [1.82, 2.24) is 14.9 Å². The number of esters is 1. The monoisotopic (exact) mass is 313 g/mol. The van der Waals surface area contributed by atoms with Crippen LogP contribution in [0.2, 0.25) is 0 Å². The summed E-state index contributed by atoms with van der Waals surface area (Å²) < 4.78 is 5.16. The van der Waals surface area contributed by atoms with Gasteiger partial charge in [-0.25, -0.2) is 9.78 Å². The summed E-state index contributed by atoms with van der Waals surface area (Å²) in [6.45, 7) is 3.77. The maximum atomic E-state index is 12.3. The van der Waals surface area contributed by atoms with Gasteiger partial charge >= 0.3 is 5.97 Å². The van der Waals surface area contributed by atoms with Crippen molar-refractivity contribution < 1.29 is 14.3 Å². The van der Waals surface area contributed by atoms with Gasteiger partial charge in [-0.1, -0.05) is 30.3 Å². The fourth-order valence-electron chi connectivity index (χ4n) is 2.01. The Balaban J connectivity index is 1.93. The Kier molecular flexibility index (Phi) is 5.41. The Morgan fingerprint density at radius 1 is 1.17 bits per heavy atom. The van der Waals surface area contributed by atoms with Gasteiger partial charge in [0.1, 0.15) is 0 Å². The molecule has 0 aliphatic rings. The lowest BCUT2D eigenvalue weighted by molar-refractivity contribution is -0.139. The lowest BCUT2D eigenvalue weighted by Gasteiger charge is -2.21. The van der Waals surface area contributed by atoms with Crippen molar-refractivity contribution in [2.45, 2.75) is 26.5 Å². The van der Waals surface area contributed by atoms with Crippen LogP contribution in [0.5, 0.6) is 0 Å². The summed E-state index contributed by atoms with van der Waals surface area (Å²) in [5.41, 5.74) is 1.79. The number of hydrogen-bond acceptors (Lipinski definition) is 5.